The number of unbranched alkanes of at least 4 members (excludes halogenated alkanes) is 1. The summed E-state index contributed by atoms with van der Waals surface area (Å²) in [6.07, 6.45) is 7.47. The number of amides is 2. The molecular weight excluding hydrogens is 314 g/mol. The van der Waals surface area contributed by atoms with E-state index in [0.29, 0.717) is 25.1 Å². The van der Waals surface area contributed by atoms with E-state index in [1.165, 1.54) is 0 Å². The number of carbonyl (C=O) groups is 2. The highest BCUT2D eigenvalue weighted by atomic mass is 16.2. The minimum absolute atomic E-state index is 0.0202. The molecule has 1 aromatic rings. The van der Waals surface area contributed by atoms with Crippen LogP contribution in [0.25, 0.3) is 0 Å². The first-order valence-corrected chi connectivity index (χ1v) is 9.50. The van der Waals surface area contributed by atoms with E-state index in [0.717, 1.165) is 50.5 Å². The van der Waals surface area contributed by atoms with Crippen LogP contribution in [0.3, 0.4) is 0 Å². The Morgan fingerprint density at radius 3 is 2.56 bits per heavy atom. The molecule has 2 rings (SSSR count). The normalized spacial score (nSPS) is 16.2. The van der Waals surface area contributed by atoms with Crippen molar-refractivity contribution >= 4 is 17.5 Å². The molecule has 0 atom stereocenters. The molecule has 1 aromatic carbocycles. The van der Waals surface area contributed by atoms with Crippen LogP contribution in [0.2, 0.25) is 0 Å². The molecule has 5 heteroatoms. The summed E-state index contributed by atoms with van der Waals surface area (Å²) in [5.41, 5.74) is 6.89. The average molecular weight is 345 g/mol. The highest BCUT2D eigenvalue weighted by Crippen LogP contribution is 2.29. The lowest BCUT2D eigenvalue weighted by Gasteiger charge is -2.36. The van der Waals surface area contributed by atoms with Crippen molar-refractivity contribution < 1.29 is 9.59 Å². The molecule has 0 spiro atoms. The van der Waals surface area contributed by atoms with Gasteiger partial charge in [0.25, 0.3) is 0 Å². The summed E-state index contributed by atoms with van der Waals surface area (Å²) in [6, 6.07) is 7.59. The van der Waals surface area contributed by atoms with Crippen LogP contribution in [-0.4, -0.2) is 23.9 Å². The Kier molecular flexibility index (Phi) is 7.29. The lowest BCUT2D eigenvalue weighted by Crippen LogP contribution is -2.59. The van der Waals surface area contributed by atoms with E-state index in [1.807, 2.05) is 24.3 Å². The summed E-state index contributed by atoms with van der Waals surface area (Å²) >= 11 is 0. The molecule has 0 aromatic heterocycles. The smallest absolute Gasteiger partial charge is 0.245 e. The summed E-state index contributed by atoms with van der Waals surface area (Å²) in [6.45, 7) is 2.77. The Balaban J connectivity index is 1.95. The van der Waals surface area contributed by atoms with E-state index in [1.54, 1.807) is 0 Å². The van der Waals surface area contributed by atoms with Crippen molar-refractivity contribution in [2.75, 3.05) is 12.3 Å². The third-order valence-corrected chi connectivity index (χ3v) is 5.01. The van der Waals surface area contributed by atoms with Crippen molar-refractivity contribution in [2.45, 2.75) is 70.3 Å². The van der Waals surface area contributed by atoms with Crippen molar-refractivity contribution in [3.8, 4) is 0 Å². The lowest BCUT2D eigenvalue weighted by molar-refractivity contribution is -0.135. The van der Waals surface area contributed by atoms with Crippen molar-refractivity contribution in [3.63, 3.8) is 0 Å². The summed E-state index contributed by atoms with van der Waals surface area (Å²) in [5.74, 6) is -0.0935. The van der Waals surface area contributed by atoms with E-state index in [4.69, 9.17) is 5.73 Å². The Hall–Kier alpha value is -2.04. The molecule has 25 heavy (non-hydrogen) atoms. The van der Waals surface area contributed by atoms with Crippen LogP contribution in [0.5, 0.6) is 0 Å². The van der Waals surface area contributed by atoms with Gasteiger partial charge >= 0.3 is 0 Å². The SMILES string of the molecule is CCCCNC(=O)C1(NC(=O)CCc2ccccc2N)CCCCC1. The van der Waals surface area contributed by atoms with Gasteiger partial charge in [-0.2, -0.15) is 0 Å². The molecule has 1 aliphatic rings. The fourth-order valence-electron chi connectivity index (χ4n) is 3.45. The number of anilines is 1. The first-order valence-electron chi connectivity index (χ1n) is 9.50. The minimum Gasteiger partial charge on any atom is -0.399 e. The van der Waals surface area contributed by atoms with Gasteiger partial charge in [0, 0.05) is 18.7 Å². The largest absolute Gasteiger partial charge is 0.399 e. The molecule has 138 valence electrons. The lowest BCUT2D eigenvalue weighted by atomic mass is 9.80. The third kappa shape index (κ3) is 5.48. The number of rotatable bonds is 8. The van der Waals surface area contributed by atoms with Crippen molar-refractivity contribution in [1.29, 1.82) is 0 Å². The molecule has 0 bridgehead atoms. The number of hydrogen-bond acceptors (Lipinski definition) is 3. The molecule has 5 nitrogen and oxygen atoms in total. The second-order valence-electron chi connectivity index (χ2n) is 7.00. The standard InChI is InChI=1S/C20H31N3O2/c1-2-3-15-22-19(25)20(13-7-4-8-14-20)23-18(24)12-11-16-9-5-6-10-17(16)21/h5-6,9-10H,2-4,7-8,11-15,21H2,1H3,(H,22,25)(H,23,24). The van der Waals surface area contributed by atoms with Crippen molar-refractivity contribution in [3.05, 3.63) is 29.8 Å². The van der Waals surface area contributed by atoms with E-state index in [-0.39, 0.29) is 11.8 Å². The number of nitrogens with two attached hydrogens (primary N) is 1. The van der Waals surface area contributed by atoms with E-state index in [9.17, 15) is 9.59 Å². The van der Waals surface area contributed by atoms with Gasteiger partial charge in [0.1, 0.15) is 5.54 Å². The Labute approximate surface area is 150 Å². The van der Waals surface area contributed by atoms with Crippen LogP contribution in [0.15, 0.2) is 24.3 Å². The number of benzene rings is 1. The van der Waals surface area contributed by atoms with Gasteiger partial charge in [-0.25, -0.2) is 0 Å². The maximum Gasteiger partial charge on any atom is 0.245 e. The molecule has 0 radical (unpaired) electrons. The maximum absolute atomic E-state index is 12.7. The fourth-order valence-corrected chi connectivity index (χ4v) is 3.45. The highest BCUT2D eigenvalue weighted by molar-refractivity contribution is 5.91. The first-order chi connectivity index (χ1) is 12.1. The van der Waals surface area contributed by atoms with Crippen LogP contribution >= 0.6 is 0 Å². The Bertz CT molecular complexity index is 580. The van der Waals surface area contributed by atoms with Gasteiger partial charge in [-0.05, 0) is 37.3 Å². The second kappa shape index (κ2) is 9.44. The second-order valence-corrected chi connectivity index (χ2v) is 7.00. The monoisotopic (exact) mass is 345 g/mol. The molecule has 1 aliphatic carbocycles. The number of nitrogen functional groups attached to an aromatic ring is 1. The number of hydrogen-bond donors (Lipinski definition) is 3. The van der Waals surface area contributed by atoms with E-state index in [2.05, 4.69) is 17.6 Å². The average Bonchev–Trinajstić information content (AvgIpc) is 2.62. The van der Waals surface area contributed by atoms with Crippen LogP contribution in [0, 0.1) is 0 Å². The zero-order valence-electron chi connectivity index (χ0n) is 15.3. The van der Waals surface area contributed by atoms with E-state index >= 15 is 0 Å². The predicted octanol–water partition coefficient (Wildman–Crippen LogP) is 2.94. The van der Waals surface area contributed by atoms with Gasteiger partial charge < -0.3 is 16.4 Å². The first kappa shape index (κ1) is 19.3. The molecule has 0 aliphatic heterocycles. The van der Waals surface area contributed by atoms with Crippen LogP contribution < -0.4 is 16.4 Å². The molecule has 2 amide bonds. The van der Waals surface area contributed by atoms with Gasteiger partial charge in [-0.3, -0.25) is 9.59 Å². The zero-order chi connectivity index (χ0) is 18.1. The third-order valence-electron chi connectivity index (χ3n) is 5.01. The molecule has 1 fully saturated rings. The van der Waals surface area contributed by atoms with Crippen LogP contribution in [0.4, 0.5) is 5.69 Å². The molecule has 0 saturated heterocycles. The molecule has 4 N–H and O–H groups in total. The molecular formula is C20H31N3O2. The van der Waals surface area contributed by atoms with Gasteiger partial charge in [0.2, 0.25) is 11.8 Å². The Morgan fingerprint density at radius 2 is 1.88 bits per heavy atom. The molecule has 1 saturated carbocycles. The Morgan fingerprint density at radius 1 is 1.16 bits per heavy atom. The van der Waals surface area contributed by atoms with Gasteiger partial charge in [0.15, 0.2) is 0 Å². The van der Waals surface area contributed by atoms with Gasteiger partial charge in [0.05, 0.1) is 0 Å². The van der Waals surface area contributed by atoms with Crippen molar-refractivity contribution in [1.82, 2.24) is 10.6 Å². The summed E-state index contributed by atoms with van der Waals surface area (Å²) < 4.78 is 0. The number of aryl methyl sites for hydroxylation is 1. The van der Waals surface area contributed by atoms with Crippen LogP contribution in [0.1, 0.15) is 63.9 Å². The summed E-state index contributed by atoms with van der Waals surface area (Å²) in [5, 5.41) is 6.07. The highest BCUT2D eigenvalue weighted by Gasteiger charge is 2.40. The fraction of sp³-hybridized carbons (Fsp3) is 0.600. The topological polar surface area (TPSA) is 84.2 Å². The summed E-state index contributed by atoms with van der Waals surface area (Å²) in [7, 11) is 0. The van der Waals surface area contributed by atoms with Crippen molar-refractivity contribution in [2.24, 2.45) is 0 Å². The van der Waals surface area contributed by atoms with Gasteiger partial charge in [-0.1, -0.05) is 50.8 Å². The molecule has 0 heterocycles. The number of carbonyl (C=O) groups excluding carboxylic acids is 2. The minimum atomic E-state index is -0.731. The van der Waals surface area contributed by atoms with E-state index < -0.39 is 5.54 Å². The zero-order valence-corrected chi connectivity index (χ0v) is 15.3. The number of nitrogens with one attached hydrogen (secondary N) is 2. The predicted molar refractivity (Wildman–Crippen MR) is 101 cm³/mol. The summed E-state index contributed by atoms with van der Waals surface area (Å²) in [4.78, 5) is 25.2. The number of para-hydroxylation sites is 1. The molecule has 0 unspecified atom stereocenters. The van der Waals surface area contributed by atoms with Gasteiger partial charge in [-0.15, -0.1) is 0 Å². The van der Waals surface area contributed by atoms with Crippen LogP contribution in [-0.2, 0) is 16.0 Å². The maximum atomic E-state index is 12.7. The quantitative estimate of drug-likeness (QED) is 0.500.